The highest BCUT2D eigenvalue weighted by Gasteiger charge is 2.55. The average molecular weight is 392 g/mol. The van der Waals surface area contributed by atoms with E-state index in [4.69, 9.17) is 11.6 Å². The molecule has 2 aliphatic heterocycles. The maximum absolute atomic E-state index is 9.47. The van der Waals surface area contributed by atoms with Crippen molar-refractivity contribution >= 4 is 29.1 Å². The average Bonchev–Trinajstić information content (AvgIpc) is 3.19. The van der Waals surface area contributed by atoms with E-state index < -0.39 is 6.10 Å². The summed E-state index contributed by atoms with van der Waals surface area (Å²) in [5, 5.41) is 20.9. The number of hydrogen-bond acceptors (Lipinski definition) is 7. The van der Waals surface area contributed by atoms with Crippen LogP contribution in [-0.2, 0) is 6.54 Å². The third kappa shape index (κ3) is 3.37. The minimum absolute atomic E-state index is 0.205. The minimum atomic E-state index is -0.456. The molecule has 2 aliphatic rings. The largest absolute Gasteiger partial charge is 0.391 e. The van der Waals surface area contributed by atoms with Crippen molar-refractivity contribution in [3.8, 4) is 0 Å². The monoisotopic (exact) mass is 391 g/mol. The second-order valence-electron chi connectivity index (χ2n) is 8.37. The minimum Gasteiger partial charge on any atom is -0.391 e. The number of nitrogens with one attached hydrogen (secondary N) is 2. The first-order chi connectivity index (χ1) is 12.8. The van der Waals surface area contributed by atoms with E-state index in [-0.39, 0.29) is 10.8 Å². The quantitative estimate of drug-likeness (QED) is 0.716. The highest BCUT2D eigenvalue weighted by atomic mass is 35.5. The summed E-state index contributed by atoms with van der Waals surface area (Å²) in [7, 11) is 0. The molecule has 3 atom stereocenters. The second-order valence-corrected chi connectivity index (χ2v) is 8.78. The zero-order chi connectivity index (χ0) is 19.2. The van der Waals surface area contributed by atoms with E-state index in [0.717, 1.165) is 37.7 Å². The number of aliphatic hydroxyl groups excluding tert-OH is 1. The SMILES string of the molecule is CC(O)Cn1cc(Nc2ncc(Cl)c(N3C[C@]4(C)CNC[C@]4(C)C3)n2)cn1. The molecule has 4 heterocycles. The lowest BCUT2D eigenvalue weighted by Crippen LogP contribution is -2.34. The molecule has 9 heteroatoms. The van der Waals surface area contributed by atoms with Gasteiger partial charge < -0.3 is 20.6 Å². The van der Waals surface area contributed by atoms with Crippen molar-refractivity contribution in [2.24, 2.45) is 10.8 Å². The summed E-state index contributed by atoms with van der Waals surface area (Å²) in [5.41, 5.74) is 1.18. The van der Waals surface area contributed by atoms with Crippen molar-refractivity contribution in [3.63, 3.8) is 0 Å². The van der Waals surface area contributed by atoms with Gasteiger partial charge in [0.05, 0.1) is 30.7 Å². The Bertz CT molecular complexity index is 823. The van der Waals surface area contributed by atoms with Gasteiger partial charge in [0.25, 0.3) is 0 Å². The topological polar surface area (TPSA) is 91.1 Å². The normalized spacial score (nSPS) is 28.4. The van der Waals surface area contributed by atoms with Crippen molar-refractivity contribution < 1.29 is 5.11 Å². The molecule has 27 heavy (non-hydrogen) atoms. The van der Waals surface area contributed by atoms with Gasteiger partial charge in [-0.15, -0.1) is 0 Å². The maximum Gasteiger partial charge on any atom is 0.229 e. The van der Waals surface area contributed by atoms with Crippen LogP contribution in [-0.4, -0.2) is 57.1 Å². The predicted octanol–water partition coefficient (Wildman–Crippen LogP) is 1.89. The number of rotatable bonds is 5. The van der Waals surface area contributed by atoms with Crippen LogP contribution in [0.4, 0.5) is 17.5 Å². The number of hydrogen-bond donors (Lipinski definition) is 3. The number of aliphatic hydroxyl groups is 1. The van der Waals surface area contributed by atoms with Crippen LogP contribution in [0.2, 0.25) is 5.02 Å². The van der Waals surface area contributed by atoms with Crippen molar-refractivity contribution in [2.45, 2.75) is 33.4 Å². The van der Waals surface area contributed by atoms with Gasteiger partial charge in [-0.25, -0.2) is 4.98 Å². The number of fused-ring (bicyclic) bond motifs is 1. The molecular weight excluding hydrogens is 366 g/mol. The molecule has 2 saturated heterocycles. The molecule has 0 aromatic carbocycles. The van der Waals surface area contributed by atoms with Crippen LogP contribution in [0.3, 0.4) is 0 Å². The molecule has 3 N–H and O–H groups in total. The van der Waals surface area contributed by atoms with Crippen LogP contribution in [0.5, 0.6) is 0 Å². The van der Waals surface area contributed by atoms with E-state index in [2.05, 4.69) is 44.4 Å². The number of nitrogens with zero attached hydrogens (tertiary/aromatic N) is 5. The highest BCUT2D eigenvalue weighted by Crippen LogP contribution is 2.50. The Kier molecular flexibility index (Phi) is 4.52. The summed E-state index contributed by atoms with van der Waals surface area (Å²) in [6, 6.07) is 0. The van der Waals surface area contributed by atoms with E-state index in [9.17, 15) is 5.11 Å². The molecule has 2 aromatic heterocycles. The van der Waals surface area contributed by atoms with Gasteiger partial charge in [-0.3, -0.25) is 4.68 Å². The predicted molar refractivity (Wildman–Crippen MR) is 106 cm³/mol. The standard InChI is InChI=1S/C18H26ClN7O/c1-12(27)6-26-7-13(4-22-26)23-16-21-5-14(19)15(24-16)25-10-17(2)8-20-9-18(17,3)11-25/h4-5,7,12,20,27H,6,8-11H2,1-3H3,(H,21,23,24)/t12?,17-,18+. The van der Waals surface area contributed by atoms with Gasteiger partial charge >= 0.3 is 0 Å². The highest BCUT2D eigenvalue weighted by molar-refractivity contribution is 6.32. The maximum atomic E-state index is 9.47. The molecule has 146 valence electrons. The van der Waals surface area contributed by atoms with Gasteiger partial charge in [0.15, 0.2) is 5.82 Å². The van der Waals surface area contributed by atoms with Crippen LogP contribution < -0.4 is 15.5 Å². The molecule has 8 nitrogen and oxygen atoms in total. The van der Waals surface area contributed by atoms with Crippen molar-refractivity contribution in [2.75, 3.05) is 36.4 Å². The summed E-state index contributed by atoms with van der Waals surface area (Å²) in [4.78, 5) is 11.2. The van der Waals surface area contributed by atoms with Gasteiger partial charge in [0.1, 0.15) is 5.02 Å². The first-order valence-corrected chi connectivity index (χ1v) is 9.62. The van der Waals surface area contributed by atoms with Crippen LogP contribution in [0.15, 0.2) is 18.6 Å². The fraction of sp³-hybridized carbons (Fsp3) is 0.611. The molecule has 4 rings (SSSR count). The van der Waals surface area contributed by atoms with Crippen LogP contribution in [0, 0.1) is 10.8 Å². The van der Waals surface area contributed by atoms with Gasteiger partial charge in [0, 0.05) is 43.2 Å². The number of aromatic nitrogens is 4. The third-order valence-electron chi connectivity index (χ3n) is 5.93. The first-order valence-electron chi connectivity index (χ1n) is 9.24. The Labute approximate surface area is 163 Å². The molecule has 0 saturated carbocycles. The molecule has 0 radical (unpaired) electrons. The molecule has 1 unspecified atom stereocenters. The molecule has 0 amide bonds. The summed E-state index contributed by atoms with van der Waals surface area (Å²) in [6.45, 7) is 10.7. The van der Waals surface area contributed by atoms with Crippen LogP contribution in [0.25, 0.3) is 0 Å². The lowest BCUT2D eigenvalue weighted by molar-refractivity contribution is 0.168. The molecule has 2 aromatic rings. The Morgan fingerprint density at radius 3 is 2.67 bits per heavy atom. The Morgan fingerprint density at radius 1 is 1.30 bits per heavy atom. The smallest absolute Gasteiger partial charge is 0.229 e. The van der Waals surface area contributed by atoms with Gasteiger partial charge in [-0.1, -0.05) is 25.4 Å². The third-order valence-corrected chi connectivity index (χ3v) is 6.20. The van der Waals surface area contributed by atoms with Crippen molar-refractivity contribution in [1.29, 1.82) is 0 Å². The fourth-order valence-electron chi connectivity index (χ4n) is 4.15. The lowest BCUT2D eigenvalue weighted by Gasteiger charge is -2.30. The molecule has 0 bridgehead atoms. The number of anilines is 3. The van der Waals surface area contributed by atoms with E-state index in [1.807, 2.05) is 6.20 Å². The van der Waals surface area contributed by atoms with E-state index in [1.54, 1.807) is 24.0 Å². The molecule has 0 aliphatic carbocycles. The molecule has 0 spiro atoms. The van der Waals surface area contributed by atoms with Gasteiger partial charge in [0.2, 0.25) is 5.95 Å². The second kappa shape index (κ2) is 6.61. The van der Waals surface area contributed by atoms with Crippen LogP contribution in [0.1, 0.15) is 20.8 Å². The fourth-order valence-corrected chi connectivity index (χ4v) is 4.36. The Hall–Kier alpha value is -1.90. The van der Waals surface area contributed by atoms with Crippen molar-refractivity contribution in [3.05, 3.63) is 23.6 Å². The van der Waals surface area contributed by atoms with E-state index in [0.29, 0.717) is 17.5 Å². The van der Waals surface area contributed by atoms with Gasteiger partial charge in [-0.05, 0) is 6.92 Å². The van der Waals surface area contributed by atoms with Gasteiger partial charge in [-0.2, -0.15) is 10.1 Å². The lowest BCUT2D eigenvalue weighted by atomic mass is 9.71. The summed E-state index contributed by atoms with van der Waals surface area (Å²) in [6.07, 6.45) is 4.69. The van der Waals surface area contributed by atoms with Crippen molar-refractivity contribution in [1.82, 2.24) is 25.1 Å². The first kappa shape index (κ1) is 18.5. The molecule has 2 fully saturated rings. The molecular formula is C18H26ClN7O. The van der Waals surface area contributed by atoms with E-state index >= 15 is 0 Å². The Morgan fingerprint density at radius 2 is 2.00 bits per heavy atom. The van der Waals surface area contributed by atoms with Crippen LogP contribution >= 0.6 is 11.6 Å². The van der Waals surface area contributed by atoms with E-state index in [1.165, 1.54) is 0 Å². The zero-order valence-electron chi connectivity index (χ0n) is 15.9. The zero-order valence-corrected chi connectivity index (χ0v) is 16.7. The summed E-state index contributed by atoms with van der Waals surface area (Å²) in [5.74, 6) is 1.25. The number of halogens is 1. The Balaban J connectivity index is 1.53. The summed E-state index contributed by atoms with van der Waals surface area (Å²) < 4.78 is 1.68. The summed E-state index contributed by atoms with van der Waals surface area (Å²) >= 11 is 6.43.